The first-order valence-corrected chi connectivity index (χ1v) is 19.5. The second kappa shape index (κ2) is 16.1. The summed E-state index contributed by atoms with van der Waals surface area (Å²) in [5.41, 5.74) is 1.85. The van der Waals surface area contributed by atoms with Crippen LogP contribution in [0.4, 0.5) is 34.1 Å². The topological polar surface area (TPSA) is 79.8 Å². The van der Waals surface area contributed by atoms with Gasteiger partial charge in [-0.15, -0.1) is 0 Å². The number of benzene rings is 10. The van der Waals surface area contributed by atoms with Gasteiger partial charge in [-0.1, -0.05) is 109 Å². The van der Waals surface area contributed by atoms with Crippen LogP contribution in [0.2, 0.25) is 0 Å². The first kappa shape index (κ1) is 22.1. The third kappa shape index (κ3) is 6.79. The van der Waals surface area contributed by atoms with Crippen LogP contribution in [0, 0.1) is 22.7 Å². The fourth-order valence-corrected chi connectivity index (χ4v) is 7.79. The quantitative estimate of drug-likeness (QED) is 0.112. The highest BCUT2D eigenvalue weighted by Crippen LogP contribution is 2.42. The van der Waals surface area contributed by atoms with E-state index in [0.717, 1.165) is 20.6 Å². The summed E-state index contributed by atoms with van der Waals surface area (Å²) in [6, 6.07) is 15.6. The number of aromatic nitrogens is 2. The zero-order chi connectivity index (χ0) is 60.4. The predicted molar refractivity (Wildman–Crippen MR) is 262 cm³/mol. The Kier molecular flexibility index (Phi) is 5.55. The smallest absolute Gasteiger partial charge is 0.0991 e. The number of nitriles is 2. The van der Waals surface area contributed by atoms with Crippen molar-refractivity contribution < 1.29 is 27.4 Å². The number of para-hydroxylation sites is 4. The zero-order valence-corrected chi connectivity index (χ0v) is 32.9. The molecule has 0 aliphatic rings. The summed E-state index contributed by atoms with van der Waals surface area (Å²) in [7, 11) is 0. The second-order valence-corrected chi connectivity index (χ2v) is 14.2. The van der Waals surface area contributed by atoms with Crippen molar-refractivity contribution >= 4 is 77.7 Å². The van der Waals surface area contributed by atoms with Gasteiger partial charge in [0.25, 0.3) is 0 Å². The van der Waals surface area contributed by atoms with Gasteiger partial charge in [-0.2, -0.15) is 10.5 Å². The molecule has 0 spiro atoms. The minimum absolute atomic E-state index is 0.0112. The highest BCUT2D eigenvalue weighted by Gasteiger charge is 2.19. The molecule has 6 heteroatoms. The van der Waals surface area contributed by atoms with E-state index in [1.807, 2.05) is 0 Å². The molecule has 298 valence electrons. The van der Waals surface area contributed by atoms with Crippen molar-refractivity contribution in [1.29, 1.82) is 10.5 Å². The first-order valence-electron chi connectivity index (χ1n) is 29.5. The van der Waals surface area contributed by atoms with Crippen molar-refractivity contribution in [1.82, 2.24) is 9.97 Å². The molecule has 0 radical (unpaired) electrons. The van der Waals surface area contributed by atoms with Crippen LogP contribution in [0.5, 0.6) is 0 Å². The summed E-state index contributed by atoms with van der Waals surface area (Å²) in [6.07, 6.45) is 0. The molecule has 11 aromatic rings. The summed E-state index contributed by atoms with van der Waals surface area (Å²) in [5.74, 6) is 0. The largest absolute Gasteiger partial charge is 0.311 e. The maximum Gasteiger partial charge on any atom is 0.0991 e. The molecule has 0 aliphatic carbocycles. The highest BCUT2D eigenvalue weighted by molar-refractivity contribution is 6.24. The molecular formula is C58H36N6. The molecule has 0 atom stereocenters. The van der Waals surface area contributed by atoms with Gasteiger partial charge in [0, 0.05) is 44.9 Å². The molecule has 0 aliphatic heterocycles. The first-order chi connectivity index (χ1) is 39.9. The fourth-order valence-electron chi connectivity index (χ4n) is 7.79. The van der Waals surface area contributed by atoms with Crippen molar-refractivity contribution in [3.05, 3.63) is 229 Å². The van der Waals surface area contributed by atoms with E-state index in [9.17, 15) is 10.5 Å². The van der Waals surface area contributed by atoms with E-state index in [-0.39, 0.29) is 11.4 Å². The molecule has 0 bridgehead atoms. The van der Waals surface area contributed by atoms with Crippen molar-refractivity contribution in [2.45, 2.75) is 0 Å². The minimum atomic E-state index is -0.750. The molecular weight excluding hydrogens is 781 g/mol. The van der Waals surface area contributed by atoms with E-state index in [1.54, 1.807) is 72.8 Å². The summed E-state index contributed by atoms with van der Waals surface area (Å²) in [4.78, 5) is 12.4. The number of anilines is 6. The van der Waals surface area contributed by atoms with E-state index < -0.39 is 144 Å². The average Bonchev–Trinajstić information content (AvgIpc) is 1.11. The third-order valence-corrected chi connectivity index (χ3v) is 10.6. The third-order valence-electron chi connectivity index (χ3n) is 10.6. The number of hydrogen-bond acceptors (Lipinski definition) is 6. The number of rotatable bonds is 8. The number of nitrogens with zero attached hydrogens (tertiary/aromatic N) is 6. The van der Waals surface area contributed by atoms with Crippen LogP contribution in [0.3, 0.4) is 0 Å². The Labute approximate surface area is 398 Å². The monoisotopic (exact) mass is 836 g/mol. The maximum atomic E-state index is 10.0. The molecule has 10 aromatic carbocycles. The maximum absolute atomic E-state index is 10.0. The molecule has 1 heterocycles. The molecule has 11 rings (SSSR count). The summed E-state index contributed by atoms with van der Waals surface area (Å²) in [6.45, 7) is 0. The van der Waals surface area contributed by atoms with Crippen LogP contribution in [-0.2, 0) is 0 Å². The van der Waals surface area contributed by atoms with Crippen molar-refractivity contribution in [2.24, 2.45) is 0 Å². The van der Waals surface area contributed by atoms with E-state index in [4.69, 9.17) is 37.4 Å². The normalized spacial score (nSPS) is 15.5. The van der Waals surface area contributed by atoms with Crippen LogP contribution in [-0.4, -0.2) is 9.97 Å². The number of hydrogen-bond donors (Lipinski definition) is 0. The predicted octanol–water partition coefficient (Wildman–Crippen LogP) is 15.1. The Balaban J connectivity index is 1.19. The Morgan fingerprint density at radius 2 is 0.688 bits per heavy atom. The lowest BCUT2D eigenvalue weighted by atomic mass is 9.92. The Bertz CT molecular complexity index is 4280. The summed E-state index contributed by atoms with van der Waals surface area (Å²) >= 11 is 0. The minimum Gasteiger partial charge on any atom is -0.311 e. The Hall–Kier alpha value is -9.10. The van der Waals surface area contributed by atoms with Gasteiger partial charge in [0.15, 0.2) is 0 Å². The van der Waals surface area contributed by atoms with Gasteiger partial charge in [0.2, 0.25) is 0 Å². The standard InChI is InChI=1S/C58H36N6/c59-37-39-21-31-49-50-32-22-40(38-60)34-54(50)58-57(53(49)33-39)61-55-35-51(41-23-27-47(28-24-41)63(43-13-5-1-6-14-43)44-15-7-2-8-16-44)52(36-56(55)62-58)42-25-29-48(30-26-42)64(45-17-9-3-10-18-45)46-19-11-4-12-20-46/h1-36H/i1D,2D,3D,4D,5D,6D,7D,8D,9D,10D,11D,12D,13D,14D,15D,16D,17D,18D,19D,20D. The van der Waals surface area contributed by atoms with E-state index in [0.29, 0.717) is 66.2 Å². The average molecular weight is 837 g/mol. The summed E-state index contributed by atoms with van der Waals surface area (Å²) < 4.78 is 173. The fraction of sp³-hybridized carbons (Fsp3) is 0. The van der Waals surface area contributed by atoms with E-state index in [1.165, 1.54) is 24.3 Å². The molecule has 0 amide bonds. The van der Waals surface area contributed by atoms with Crippen molar-refractivity contribution in [3.8, 4) is 34.4 Å². The molecule has 6 nitrogen and oxygen atoms in total. The molecule has 0 unspecified atom stereocenters. The number of fused-ring (bicyclic) bond motifs is 7. The second-order valence-electron chi connectivity index (χ2n) is 14.2. The van der Waals surface area contributed by atoms with Crippen LogP contribution in [0.1, 0.15) is 38.5 Å². The molecule has 1 aromatic heterocycles. The Morgan fingerprint density at radius 3 is 1.00 bits per heavy atom. The van der Waals surface area contributed by atoms with Gasteiger partial charge in [0.05, 0.1) is 72.7 Å². The van der Waals surface area contributed by atoms with E-state index >= 15 is 0 Å². The van der Waals surface area contributed by atoms with Gasteiger partial charge in [0.1, 0.15) is 0 Å². The zero-order valence-electron chi connectivity index (χ0n) is 52.9. The van der Waals surface area contributed by atoms with Gasteiger partial charge in [-0.25, -0.2) is 9.97 Å². The molecule has 64 heavy (non-hydrogen) atoms. The van der Waals surface area contributed by atoms with Gasteiger partial charge < -0.3 is 9.80 Å². The molecule has 0 fully saturated rings. The van der Waals surface area contributed by atoms with E-state index in [2.05, 4.69) is 12.1 Å². The molecule has 0 N–H and O–H groups in total. The van der Waals surface area contributed by atoms with Gasteiger partial charge in [-0.3, -0.25) is 0 Å². The highest BCUT2D eigenvalue weighted by atomic mass is 15.1. The Morgan fingerprint density at radius 1 is 0.359 bits per heavy atom. The molecule has 0 saturated carbocycles. The van der Waals surface area contributed by atoms with Crippen LogP contribution in [0.15, 0.2) is 218 Å². The lowest BCUT2D eigenvalue weighted by Crippen LogP contribution is -2.09. The van der Waals surface area contributed by atoms with Crippen LogP contribution < -0.4 is 9.80 Å². The summed E-state index contributed by atoms with van der Waals surface area (Å²) in [5, 5.41) is 22.7. The van der Waals surface area contributed by atoms with Crippen molar-refractivity contribution in [2.75, 3.05) is 9.80 Å². The lowest BCUT2D eigenvalue weighted by Gasteiger charge is -2.26. The van der Waals surface area contributed by atoms with Crippen LogP contribution in [0.25, 0.3) is 65.9 Å². The SMILES string of the molecule is [2H]c1c([2H])c([2H])c(N(c2ccc(-c3cc4nc5c6cc(C#N)ccc6c6ccc(C#N)cc6c5nc4cc3-c3ccc(N(c4c([2H])c([2H])c([2H])c([2H])c4[2H])c4c([2H])c([2H])c([2H])c([2H])c4[2H])cc3)cc2)c2c([2H])c([2H])c([2H])c([2H])c2[2H])c([2H])c1[2H]. The van der Waals surface area contributed by atoms with Crippen LogP contribution >= 0.6 is 0 Å². The molecule has 0 saturated heterocycles. The van der Waals surface area contributed by atoms with Gasteiger partial charge >= 0.3 is 0 Å². The van der Waals surface area contributed by atoms with Crippen molar-refractivity contribution in [3.63, 3.8) is 0 Å². The van der Waals surface area contributed by atoms with Gasteiger partial charge in [-0.05, 0) is 142 Å². The lowest BCUT2D eigenvalue weighted by molar-refractivity contribution is 1.28.